The molecule has 2 aliphatic heterocycles. The Morgan fingerprint density at radius 3 is 2.47 bits per heavy atom. The van der Waals surface area contributed by atoms with Crippen molar-refractivity contribution in [2.24, 2.45) is 5.92 Å². The first-order valence-corrected chi connectivity index (χ1v) is 10.3. The van der Waals surface area contributed by atoms with Crippen LogP contribution >= 0.6 is 11.6 Å². The van der Waals surface area contributed by atoms with E-state index in [9.17, 15) is 14.0 Å². The molecule has 5 rings (SSSR count). The summed E-state index contributed by atoms with van der Waals surface area (Å²) in [6.45, 7) is 2.05. The second-order valence-electron chi connectivity index (χ2n) is 7.80. The van der Waals surface area contributed by atoms with Crippen LogP contribution in [0, 0.1) is 11.7 Å². The second-order valence-corrected chi connectivity index (χ2v) is 8.21. The fraction of sp³-hybridized carbons (Fsp3) is 0.364. The fourth-order valence-electron chi connectivity index (χ4n) is 4.18. The van der Waals surface area contributed by atoms with Gasteiger partial charge in [0.05, 0.1) is 10.6 Å². The quantitative estimate of drug-likeness (QED) is 0.749. The van der Waals surface area contributed by atoms with Crippen molar-refractivity contribution in [2.45, 2.75) is 12.3 Å². The molecule has 0 aromatic heterocycles. The molecule has 1 aliphatic carbocycles. The van der Waals surface area contributed by atoms with Crippen LogP contribution in [0.25, 0.3) is 0 Å². The summed E-state index contributed by atoms with van der Waals surface area (Å²) in [4.78, 5) is 29.1. The summed E-state index contributed by atoms with van der Waals surface area (Å²) in [6, 6.07) is 9.61. The van der Waals surface area contributed by atoms with E-state index in [0.717, 1.165) is 29.5 Å². The maximum absolute atomic E-state index is 13.2. The molecular weight excluding hydrogens is 411 g/mol. The first kappa shape index (κ1) is 19.2. The van der Waals surface area contributed by atoms with E-state index in [1.165, 1.54) is 12.1 Å². The number of rotatable bonds is 3. The van der Waals surface area contributed by atoms with E-state index in [4.69, 9.17) is 21.1 Å². The third-order valence-electron chi connectivity index (χ3n) is 5.97. The highest BCUT2D eigenvalue weighted by atomic mass is 35.5. The first-order chi connectivity index (χ1) is 14.5. The number of piperazine rings is 1. The molecule has 30 heavy (non-hydrogen) atoms. The van der Waals surface area contributed by atoms with Gasteiger partial charge < -0.3 is 19.3 Å². The minimum absolute atomic E-state index is 0.0286. The molecule has 2 atom stereocenters. The molecule has 6 nitrogen and oxygen atoms in total. The molecule has 2 unspecified atom stereocenters. The molecule has 0 spiro atoms. The molecule has 1 saturated heterocycles. The van der Waals surface area contributed by atoms with Crippen LogP contribution in [0.3, 0.4) is 0 Å². The number of carbonyl (C=O) groups is 2. The van der Waals surface area contributed by atoms with E-state index in [2.05, 4.69) is 0 Å². The summed E-state index contributed by atoms with van der Waals surface area (Å²) in [5.74, 6) is 1.06. The summed E-state index contributed by atoms with van der Waals surface area (Å²) >= 11 is 6.01. The summed E-state index contributed by atoms with van der Waals surface area (Å²) in [7, 11) is 0. The van der Waals surface area contributed by atoms with Crippen LogP contribution in [-0.4, -0.2) is 54.6 Å². The normalized spacial score (nSPS) is 22.2. The Kier molecular flexibility index (Phi) is 4.77. The monoisotopic (exact) mass is 430 g/mol. The van der Waals surface area contributed by atoms with Crippen molar-refractivity contribution < 1.29 is 23.5 Å². The molecule has 2 fully saturated rings. The van der Waals surface area contributed by atoms with Crippen LogP contribution in [0.2, 0.25) is 5.02 Å². The van der Waals surface area contributed by atoms with Crippen molar-refractivity contribution in [1.29, 1.82) is 0 Å². The smallest absolute Gasteiger partial charge is 0.255 e. The number of ether oxygens (including phenoxy) is 2. The molecule has 0 radical (unpaired) electrons. The standard InChI is InChI=1S/C22H20ClFN2O4/c23-18-10-14(24)2-3-15(18)21(27)25-5-7-26(8-6-25)22(28)17-11-16(17)13-1-4-19-20(9-13)30-12-29-19/h1-4,9-10,16-17H,5-8,11-12H2. The van der Waals surface area contributed by atoms with E-state index in [-0.39, 0.29) is 41.0 Å². The minimum Gasteiger partial charge on any atom is -0.454 e. The highest BCUT2D eigenvalue weighted by Gasteiger charge is 2.46. The number of carbonyl (C=O) groups excluding carboxylic acids is 2. The van der Waals surface area contributed by atoms with E-state index in [1.54, 1.807) is 4.90 Å². The van der Waals surface area contributed by atoms with Crippen LogP contribution in [0.15, 0.2) is 36.4 Å². The van der Waals surface area contributed by atoms with Gasteiger partial charge in [-0.15, -0.1) is 0 Å². The van der Waals surface area contributed by atoms with Gasteiger partial charge in [0.1, 0.15) is 5.82 Å². The highest BCUT2D eigenvalue weighted by Crippen LogP contribution is 2.50. The number of hydrogen-bond acceptors (Lipinski definition) is 4. The lowest BCUT2D eigenvalue weighted by Crippen LogP contribution is -2.51. The van der Waals surface area contributed by atoms with Gasteiger partial charge >= 0.3 is 0 Å². The molecule has 8 heteroatoms. The summed E-state index contributed by atoms with van der Waals surface area (Å²) in [6.07, 6.45) is 0.822. The average molecular weight is 431 g/mol. The van der Waals surface area contributed by atoms with Gasteiger partial charge in [0.15, 0.2) is 11.5 Å². The zero-order valence-electron chi connectivity index (χ0n) is 16.1. The number of fused-ring (bicyclic) bond motifs is 1. The topological polar surface area (TPSA) is 59.1 Å². The van der Waals surface area contributed by atoms with Crippen LogP contribution in [0.5, 0.6) is 11.5 Å². The Labute approximate surface area is 178 Å². The molecule has 1 saturated carbocycles. The van der Waals surface area contributed by atoms with Crippen molar-refractivity contribution in [3.8, 4) is 11.5 Å². The lowest BCUT2D eigenvalue weighted by atomic mass is 10.1. The summed E-state index contributed by atoms with van der Waals surface area (Å²) in [5.41, 5.74) is 1.38. The maximum atomic E-state index is 13.2. The molecule has 156 valence electrons. The Hall–Kier alpha value is -2.80. The van der Waals surface area contributed by atoms with Crippen molar-refractivity contribution >= 4 is 23.4 Å². The molecule has 2 heterocycles. The van der Waals surface area contributed by atoms with E-state index < -0.39 is 5.82 Å². The van der Waals surface area contributed by atoms with Gasteiger partial charge in [-0.25, -0.2) is 4.39 Å². The van der Waals surface area contributed by atoms with E-state index in [0.29, 0.717) is 26.2 Å². The highest BCUT2D eigenvalue weighted by molar-refractivity contribution is 6.33. The minimum atomic E-state index is -0.478. The zero-order chi connectivity index (χ0) is 20.8. The Balaban J connectivity index is 1.18. The molecule has 2 aromatic rings. The Bertz CT molecular complexity index is 1020. The predicted molar refractivity (Wildman–Crippen MR) is 107 cm³/mol. The van der Waals surface area contributed by atoms with Gasteiger partial charge in [0.2, 0.25) is 12.7 Å². The third-order valence-corrected chi connectivity index (χ3v) is 6.29. The average Bonchev–Trinajstić information content (AvgIpc) is 3.41. The van der Waals surface area contributed by atoms with Crippen LogP contribution in [-0.2, 0) is 4.79 Å². The van der Waals surface area contributed by atoms with Gasteiger partial charge in [-0.2, -0.15) is 0 Å². The number of benzene rings is 2. The largest absolute Gasteiger partial charge is 0.454 e. The van der Waals surface area contributed by atoms with Crippen molar-refractivity contribution in [1.82, 2.24) is 9.80 Å². The summed E-state index contributed by atoms with van der Waals surface area (Å²) < 4.78 is 24.0. The first-order valence-electron chi connectivity index (χ1n) is 9.94. The predicted octanol–water partition coefficient (Wildman–Crippen LogP) is 3.30. The molecule has 0 N–H and O–H groups in total. The van der Waals surface area contributed by atoms with Gasteiger partial charge in [0, 0.05) is 32.1 Å². The fourth-order valence-corrected chi connectivity index (χ4v) is 4.43. The molecule has 2 amide bonds. The van der Waals surface area contributed by atoms with Crippen LogP contribution in [0.1, 0.15) is 28.3 Å². The SMILES string of the molecule is O=C(c1ccc(F)cc1Cl)N1CCN(C(=O)C2CC2c2ccc3c(c2)OCO3)CC1. The molecule has 0 bridgehead atoms. The Morgan fingerprint density at radius 1 is 0.967 bits per heavy atom. The molecule has 3 aliphatic rings. The van der Waals surface area contributed by atoms with E-state index >= 15 is 0 Å². The van der Waals surface area contributed by atoms with Crippen molar-refractivity contribution in [3.63, 3.8) is 0 Å². The number of amides is 2. The van der Waals surface area contributed by atoms with Crippen molar-refractivity contribution in [3.05, 3.63) is 58.4 Å². The third kappa shape index (κ3) is 3.47. The number of nitrogens with zero attached hydrogens (tertiary/aromatic N) is 2. The van der Waals surface area contributed by atoms with Gasteiger partial charge in [0.25, 0.3) is 5.91 Å². The lowest BCUT2D eigenvalue weighted by molar-refractivity contribution is -0.134. The van der Waals surface area contributed by atoms with E-state index in [1.807, 2.05) is 23.1 Å². The van der Waals surface area contributed by atoms with Gasteiger partial charge in [-0.3, -0.25) is 9.59 Å². The molecular formula is C22H20ClFN2O4. The van der Waals surface area contributed by atoms with Gasteiger partial charge in [-0.1, -0.05) is 17.7 Å². The number of hydrogen-bond donors (Lipinski definition) is 0. The maximum Gasteiger partial charge on any atom is 0.255 e. The summed E-state index contributed by atoms with van der Waals surface area (Å²) in [5, 5.41) is 0.100. The van der Waals surface area contributed by atoms with Crippen LogP contribution < -0.4 is 9.47 Å². The zero-order valence-corrected chi connectivity index (χ0v) is 16.9. The van der Waals surface area contributed by atoms with Crippen LogP contribution in [0.4, 0.5) is 4.39 Å². The lowest BCUT2D eigenvalue weighted by Gasteiger charge is -2.35. The number of halogens is 2. The molecule has 2 aromatic carbocycles. The Morgan fingerprint density at radius 2 is 1.70 bits per heavy atom. The van der Waals surface area contributed by atoms with Gasteiger partial charge in [-0.05, 0) is 48.2 Å². The second kappa shape index (κ2) is 7.47. The van der Waals surface area contributed by atoms with Crippen molar-refractivity contribution in [2.75, 3.05) is 33.0 Å².